The van der Waals surface area contributed by atoms with Crippen LogP contribution in [0.25, 0.3) is 6.08 Å². The van der Waals surface area contributed by atoms with Crippen LogP contribution in [0.1, 0.15) is 63.0 Å². The zero-order chi connectivity index (χ0) is 21.3. The highest BCUT2D eigenvalue weighted by Gasteiger charge is 2.67. The number of rotatable bonds is 4. The monoisotopic (exact) mass is 411 g/mol. The normalized spacial score (nSPS) is 25.8. The van der Waals surface area contributed by atoms with Gasteiger partial charge in [0, 0.05) is 32.0 Å². The molecule has 0 aromatic heterocycles. The second kappa shape index (κ2) is 8.42. The summed E-state index contributed by atoms with van der Waals surface area (Å²) in [5.74, 6) is -0.00652. The number of aliphatic hydroxyl groups excluding tert-OH is 1. The maximum Gasteiger partial charge on any atom is 0.317 e. The SMILES string of the molecule is CC=Cc1ccc([C@H]2[C@@H](CO)N(C(C)=O)C23CN(C(=O)NC2CCCCC2)C3)cc1. The molecule has 1 spiro atoms. The van der Waals surface area contributed by atoms with Gasteiger partial charge in [0.05, 0.1) is 18.2 Å². The molecule has 6 heteroatoms. The van der Waals surface area contributed by atoms with Crippen LogP contribution >= 0.6 is 0 Å². The molecule has 4 rings (SSSR count). The minimum atomic E-state index is -0.411. The van der Waals surface area contributed by atoms with Gasteiger partial charge >= 0.3 is 6.03 Å². The van der Waals surface area contributed by atoms with Gasteiger partial charge in [0.2, 0.25) is 5.91 Å². The molecule has 2 atom stereocenters. The van der Waals surface area contributed by atoms with Crippen molar-refractivity contribution in [2.75, 3.05) is 19.7 Å². The molecule has 2 heterocycles. The van der Waals surface area contributed by atoms with E-state index in [1.165, 1.54) is 19.3 Å². The van der Waals surface area contributed by atoms with Gasteiger partial charge in [0.25, 0.3) is 0 Å². The van der Waals surface area contributed by atoms with Gasteiger partial charge in [0.1, 0.15) is 0 Å². The third kappa shape index (κ3) is 3.51. The highest BCUT2D eigenvalue weighted by molar-refractivity contribution is 5.80. The van der Waals surface area contributed by atoms with Crippen molar-refractivity contribution in [3.8, 4) is 0 Å². The minimum absolute atomic E-state index is 0.0225. The first-order chi connectivity index (χ1) is 14.5. The predicted octanol–water partition coefficient (Wildman–Crippen LogP) is 3.12. The number of likely N-dealkylation sites (tertiary alicyclic amines) is 2. The number of hydrogen-bond acceptors (Lipinski definition) is 3. The summed E-state index contributed by atoms with van der Waals surface area (Å²) in [4.78, 5) is 28.8. The van der Waals surface area contributed by atoms with Crippen molar-refractivity contribution >= 4 is 18.0 Å². The van der Waals surface area contributed by atoms with Gasteiger partial charge in [-0.25, -0.2) is 4.79 Å². The number of urea groups is 1. The predicted molar refractivity (Wildman–Crippen MR) is 117 cm³/mol. The Morgan fingerprint density at radius 2 is 1.83 bits per heavy atom. The van der Waals surface area contributed by atoms with Crippen LogP contribution in [-0.4, -0.2) is 64.2 Å². The molecule has 1 aliphatic carbocycles. The minimum Gasteiger partial charge on any atom is -0.394 e. The number of carbonyl (C=O) groups excluding carboxylic acids is 2. The van der Waals surface area contributed by atoms with Crippen LogP contribution in [0.15, 0.2) is 30.3 Å². The van der Waals surface area contributed by atoms with E-state index in [0.717, 1.165) is 24.0 Å². The van der Waals surface area contributed by atoms with Gasteiger partial charge in [-0.1, -0.05) is 55.7 Å². The first kappa shape index (κ1) is 20.9. The maximum absolute atomic E-state index is 12.8. The molecule has 30 heavy (non-hydrogen) atoms. The van der Waals surface area contributed by atoms with Crippen LogP contribution in [-0.2, 0) is 4.79 Å². The van der Waals surface area contributed by atoms with Gasteiger partial charge in [-0.2, -0.15) is 0 Å². The van der Waals surface area contributed by atoms with Crippen molar-refractivity contribution in [3.05, 3.63) is 41.5 Å². The first-order valence-electron chi connectivity index (χ1n) is 11.2. The van der Waals surface area contributed by atoms with Crippen molar-refractivity contribution in [1.29, 1.82) is 0 Å². The number of benzene rings is 1. The zero-order valence-electron chi connectivity index (χ0n) is 18.0. The van der Waals surface area contributed by atoms with Gasteiger partial charge in [0.15, 0.2) is 0 Å². The van der Waals surface area contributed by atoms with Crippen molar-refractivity contribution in [3.63, 3.8) is 0 Å². The summed E-state index contributed by atoms with van der Waals surface area (Å²) in [6.07, 6.45) is 9.77. The number of aliphatic hydroxyl groups is 1. The van der Waals surface area contributed by atoms with E-state index in [9.17, 15) is 14.7 Å². The molecule has 1 saturated carbocycles. The Morgan fingerprint density at radius 1 is 1.17 bits per heavy atom. The molecule has 2 N–H and O–H groups in total. The molecule has 2 saturated heterocycles. The van der Waals surface area contributed by atoms with Crippen molar-refractivity contribution in [1.82, 2.24) is 15.1 Å². The number of nitrogens with one attached hydrogen (secondary N) is 1. The summed E-state index contributed by atoms with van der Waals surface area (Å²) in [5.41, 5.74) is 1.83. The Hall–Kier alpha value is -2.34. The lowest BCUT2D eigenvalue weighted by Gasteiger charge is -2.70. The van der Waals surface area contributed by atoms with E-state index in [4.69, 9.17) is 0 Å². The van der Waals surface area contributed by atoms with Crippen molar-refractivity contribution in [2.45, 2.75) is 69.5 Å². The second-order valence-corrected chi connectivity index (χ2v) is 9.03. The lowest BCUT2D eigenvalue weighted by molar-refractivity contribution is -0.191. The average Bonchev–Trinajstić information content (AvgIpc) is 2.68. The summed E-state index contributed by atoms with van der Waals surface area (Å²) in [6.45, 7) is 4.51. The van der Waals surface area contributed by atoms with E-state index in [2.05, 4.69) is 29.6 Å². The largest absolute Gasteiger partial charge is 0.394 e. The Bertz CT molecular complexity index is 807. The van der Waals surface area contributed by atoms with Crippen LogP contribution in [0, 0.1) is 0 Å². The van der Waals surface area contributed by atoms with E-state index in [0.29, 0.717) is 13.1 Å². The lowest BCUT2D eigenvalue weighted by Crippen LogP contribution is -2.86. The van der Waals surface area contributed by atoms with Gasteiger partial charge in [-0.3, -0.25) is 4.79 Å². The fraction of sp³-hybridized carbons (Fsp3) is 0.583. The molecule has 1 aromatic rings. The number of hydrogen-bond donors (Lipinski definition) is 2. The summed E-state index contributed by atoms with van der Waals surface area (Å²) >= 11 is 0. The smallest absolute Gasteiger partial charge is 0.317 e. The van der Waals surface area contributed by atoms with E-state index >= 15 is 0 Å². The lowest BCUT2D eigenvalue weighted by atomic mass is 9.60. The number of allylic oxidation sites excluding steroid dienone is 1. The molecule has 1 aromatic carbocycles. The number of carbonyl (C=O) groups is 2. The van der Waals surface area contributed by atoms with Crippen LogP contribution in [0.2, 0.25) is 0 Å². The van der Waals surface area contributed by atoms with Gasteiger partial charge in [-0.05, 0) is 30.9 Å². The number of nitrogens with zero attached hydrogens (tertiary/aromatic N) is 2. The third-order valence-electron chi connectivity index (χ3n) is 7.11. The quantitative estimate of drug-likeness (QED) is 0.800. The Labute approximate surface area is 178 Å². The molecular formula is C24H33N3O3. The maximum atomic E-state index is 12.8. The van der Waals surface area contributed by atoms with Crippen LogP contribution in [0.4, 0.5) is 4.79 Å². The molecule has 3 aliphatic rings. The van der Waals surface area contributed by atoms with Crippen molar-refractivity contribution < 1.29 is 14.7 Å². The summed E-state index contributed by atoms with van der Waals surface area (Å²) in [7, 11) is 0. The van der Waals surface area contributed by atoms with Crippen LogP contribution < -0.4 is 5.32 Å². The molecule has 0 unspecified atom stereocenters. The third-order valence-corrected chi connectivity index (χ3v) is 7.11. The molecule has 6 nitrogen and oxygen atoms in total. The van der Waals surface area contributed by atoms with E-state index in [1.807, 2.05) is 28.9 Å². The Morgan fingerprint density at radius 3 is 2.40 bits per heavy atom. The molecule has 0 radical (unpaired) electrons. The molecule has 3 fully saturated rings. The Kier molecular flexibility index (Phi) is 5.87. The molecule has 2 aliphatic heterocycles. The fourth-order valence-corrected chi connectivity index (χ4v) is 5.80. The van der Waals surface area contributed by atoms with Crippen LogP contribution in [0.5, 0.6) is 0 Å². The molecular weight excluding hydrogens is 378 g/mol. The highest BCUT2D eigenvalue weighted by Crippen LogP contribution is 2.53. The van der Waals surface area contributed by atoms with Crippen molar-refractivity contribution in [2.24, 2.45) is 0 Å². The van der Waals surface area contributed by atoms with Gasteiger partial charge in [-0.15, -0.1) is 0 Å². The van der Waals surface area contributed by atoms with Crippen LogP contribution in [0.3, 0.4) is 0 Å². The van der Waals surface area contributed by atoms with E-state index in [-0.39, 0.29) is 36.5 Å². The van der Waals surface area contributed by atoms with E-state index in [1.54, 1.807) is 6.92 Å². The standard InChI is InChI=1S/C24H33N3O3/c1-3-7-18-10-12-19(13-11-18)22-21(14-28)27(17(2)29)24(22)15-26(16-24)23(30)25-20-8-5-4-6-9-20/h3,7,10-13,20-22,28H,4-6,8-9,14-16H2,1-2H3,(H,25,30)/t21-,22+/m1/s1. The summed E-state index contributed by atoms with van der Waals surface area (Å²) in [5, 5.41) is 13.2. The van der Waals surface area contributed by atoms with Gasteiger partial charge < -0.3 is 20.2 Å². The summed E-state index contributed by atoms with van der Waals surface area (Å²) < 4.78 is 0. The number of amides is 3. The highest BCUT2D eigenvalue weighted by atomic mass is 16.3. The topological polar surface area (TPSA) is 72.9 Å². The Balaban J connectivity index is 1.50. The first-order valence-corrected chi connectivity index (χ1v) is 11.2. The zero-order valence-corrected chi connectivity index (χ0v) is 18.0. The van der Waals surface area contributed by atoms with E-state index < -0.39 is 5.54 Å². The summed E-state index contributed by atoms with van der Waals surface area (Å²) in [6, 6.07) is 8.33. The fourth-order valence-electron chi connectivity index (χ4n) is 5.80. The molecule has 0 bridgehead atoms. The molecule has 3 amide bonds. The average molecular weight is 412 g/mol. The molecule has 162 valence electrons. The second-order valence-electron chi connectivity index (χ2n) is 9.03.